The van der Waals surface area contributed by atoms with Crippen LogP contribution in [-0.2, 0) is 0 Å². The van der Waals surface area contributed by atoms with Crippen molar-refractivity contribution in [3.63, 3.8) is 0 Å². The zero-order chi connectivity index (χ0) is 8.97. The molecule has 1 rings (SSSR count). The molecule has 3 nitrogen and oxygen atoms in total. The first kappa shape index (κ1) is 9.45. The van der Waals surface area contributed by atoms with Crippen molar-refractivity contribution in [1.29, 1.82) is 0 Å². The van der Waals surface area contributed by atoms with Gasteiger partial charge in [0.15, 0.2) is 0 Å². The summed E-state index contributed by atoms with van der Waals surface area (Å²) in [5.41, 5.74) is 0. The van der Waals surface area contributed by atoms with Gasteiger partial charge in [-0.1, -0.05) is 15.9 Å². The predicted molar refractivity (Wildman–Crippen MR) is 53.7 cm³/mol. The maximum absolute atomic E-state index is 4.19. The van der Waals surface area contributed by atoms with Crippen LogP contribution >= 0.6 is 15.9 Å². The topological polar surface area (TPSA) is 29.0 Å². The van der Waals surface area contributed by atoms with E-state index in [9.17, 15) is 0 Å². The van der Waals surface area contributed by atoms with Crippen molar-refractivity contribution in [3.05, 3.63) is 18.6 Å². The SMILES string of the molecule is CC(CBr)N(C)c1cnccn1. The molecule has 0 saturated carbocycles. The van der Waals surface area contributed by atoms with Crippen LogP contribution < -0.4 is 4.90 Å². The van der Waals surface area contributed by atoms with Crippen LogP contribution in [0.3, 0.4) is 0 Å². The molecule has 0 N–H and O–H groups in total. The summed E-state index contributed by atoms with van der Waals surface area (Å²) < 4.78 is 0. The molecular formula is C8H12BrN3. The van der Waals surface area contributed by atoms with Crippen LogP contribution in [0, 0.1) is 0 Å². The summed E-state index contributed by atoms with van der Waals surface area (Å²) in [6.45, 7) is 2.13. The average molecular weight is 230 g/mol. The molecule has 12 heavy (non-hydrogen) atoms. The van der Waals surface area contributed by atoms with E-state index in [2.05, 4.69) is 37.7 Å². The van der Waals surface area contributed by atoms with Gasteiger partial charge in [-0.25, -0.2) is 4.98 Å². The van der Waals surface area contributed by atoms with Gasteiger partial charge < -0.3 is 4.90 Å². The maximum atomic E-state index is 4.19. The molecule has 0 spiro atoms. The standard InChI is InChI=1S/C8H12BrN3/c1-7(5-9)12(2)8-6-10-3-4-11-8/h3-4,6-7H,5H2,1-2H3. The van der Waals surface area contributed by atoms with E-state index in [1.165, 1.54) is 0 Å². The Morgan fingerprint density at radius 2 is 2.33 bits per heavy atom. The number of alkyl halides is 1. The largest absolute Gasteiger partial charge is 0.355 e. The maximum Gasteiger partial charge on any atom is 0.147 e. The van der Waals surface area contributed by atoms with Crippen LogP contribution in [0.5, 0.6) is 0 Å². The third-order valence-corrected chi connectivity index (χ3v) is 2.73. The highest BCUT2D eigenvalue weighted by Gasteiger charge is 2.08. The molecule has 0 fully saturated rings. The summed E-state index contributed by atoms with van der Waals surface area (Å²) in [5, 5.41) is 0.931. The summed E-state index contributed by atoms with van der Waals surface area (Å²) in [6, 6.07) is 0.432. The number of hydrogen-bond donors (Lipinski definition) is 0. The van der Waals surface area contributed by atoms with Crippen molar-refractivity contribution in [2.45, 2.75) is 13.0 Å². The van der Waals surface area contributed by atoms with Crippen molar-refractivity contribution < 1.29 is 0 Å². The Hall–Kier alpha value is -0.640. The van der Waals surface area contributed by atoms with Gasteiger partial charge in [0.1, 0.15) is 5.82 Å². The summed E-state index contributed by atoms with van der Waals surface area (Å²) in [7, 11) is 2.01. The fraction of sp³-hybridized carbons (Fsp3) is 0.500. The Labute approximate surface area is 81.0 Å². The Kier molecular flexibility index (Phi) is 3.47. The van der Waals surface area contributed by atoms with Crippen molar-refractivity contribution in [1.82, 2.24) is 9.97 Å². The molecule has 1 atom stereocenters. The van der Waals surface area contributed by atoms with Gasteiger partial charge in [0, 0.05) is 30.8 Å². The molecule has 0 aromatic carbocycles. The molecule has 0 aliphatic heterocycles. The second-order valence-corrected chi connectivity index (χ2v) is 3.33. The van der Waals surface area contributed by atoms with E-state index in [1.54, 1.807) is 18.6 Å². The fourth-order valence-corrected chi connectivity index (χ4v) is 1.24. The van der Waals surface area contributed by atoms with E-state index in [0.29, 0.717) is 6.04 Å². The molecule has 0 bridgehead atoms. The minimum atomic E-state index is 0.432. The third-order valence-electron chi connectivity index (χ3n) is 1.80. The lowest BCUT2D eigenvalue weighted by atomic mass is 10.3. The number of hydrogen-bond acceptors (Lipinski definition) is 3. The lowest BCUT2D eigenvalue weighted by molar-refractivity contribution is 0.754. The Morgan fingerprint density at radius 1 is 1.58 bits per heavy atom. The molecule has 0 aliphatic rings. The molecule has 1 aromatic rings. The van der Waals surface area contributed by atoms with E-state index >= 15 is 0 Å². The first-order chi connectivity index (χ1) is 5.75. The zero-order valence-electron chi connectivity index (χ0n) is 7.24. The highest BCUT2D eigenvalue weighted by atomic mass is 79.9. The highest BCUT2D eigenvalue weighted by molar-refractivity contribution is 9.09. The quantitative estimate of drug-likeness (QED) is 0.740. The first-order valence-corrected chi connectivity index (χ1v) is 4.92. The number of aromatic nitrogens is 2. The molecule has 0 radical (unpaired) electrons. The van der Waals surface area contributed by atoms with Gasteiger partial charge >= 0.3 is 0 Å². The lowest BCUT2D eigenvalue weighted by Crippen LogP contribution is -2.30. The van der Waals surface area contributed by atoms with Crippen LogP contribution in [0.1, 0.15) is 6.92 Å². The van der Waals surface area contributed by atoms with Crippen molar-refractivity contribution in [3.8, 4) is 0 Å². The van der Waals surface area contributed by atoms with Gasteiger partial charge in [0.2, 0.25) is 0 Å². The van der Waals surface area contributed by atoms with Crippen molar-refractivity contribution in [2.24, 2.45) is 0 Å². The zero-order valence-corrected chi connectivity index (χ0v) is 8.82. The second-order valence-electron chi connectivity index (χ2n) is 2.68. The molecule has 1 aromatic heterocycles. The highest BCUT2D eigenvalue weighted by Crippen LogP contribution is 2.09. The van der Waals surface area contributed by atoms with Crippen molar-refractivity contribution in [2.75, 3.05) is 17.3 Å². The number of rotatable bonds is 3. The van der Waals surface area contributed by atoms with Crippen LogP contribution in [0.2, 0.25) is 0 Å². The smallest absolute Gasteiger partial charge is 0.147 e. The summed E-state index contributed by atoms with van der Waals surface area (Å²) in [4.78, 5) is 10.3. The van der Waals surface area contributed by atoms with Gasteiger partial charge in [-0.2, -0.15) is 0 Å². The Morgan fingerprint density at radius 3 is 2.83 bits per heavy atom. The van der Waals surface area contributed by atoms with E-state index in [-0.39, 0.29) is 0 Å². The predicted octanol–water partition coefficient (Wildman–Crippen LogP) is 1.70. The lowest BCUT2D eigenvalue weighted by Gasteiger charge is -2.23. The van der Waals surface area contributed by atoms with Crippen LogP contribution in [0.4, 0.5) is 5.82 Å². The summed E-state index contributed by atoms with van der Waals surface area (Å²) in [5.74, 6) is 0.907. The van der Waals surface area contributed by atoms with Gasteiger partial charge in [0.05, 0.1) is 6.20 Å². The monoisotopic (exact) mass is 229 g/mol. The number of anilines is 1. The normalized spacial score (nSPS) is 12.6. The van der Waals surface area contributed by atoms with E-state index in [1.807, 2.05) is 7.05 Å². The van der Waals surface area contributed by atoms with Crippen LogP contribution in [-0.4, -0.2) is 28.4 Å². The second kappa shape index (κ2) is 4.40. The molecule has 4 heteroatoms. The van der Waals surface area contributed by atoms with Gasteiger partial charge in [-0.05, 0) is 6.92 Å². The van der Waals surface area contributed by atoms with Gasteiger partial charge in [-0.3, -0.25) is 4.98 Å². The van der Waals surface area contributed by atoms with E-state index in [0.717, 1.165) is 11.1 Å². The minimum Gasteiger partial charge on any atom is -0.355 e. The fourth-order valence-electron chi connectivity index (χ4n) is 0.803. The molecule has 66 valence electrons. The number of halogens is 1. The third kappa shape index (κ3) is 2.17. The Balaban J connectivity index is 2.71. The van der Waals surface area contributed by atoms with Crippen LogP contribution in [0.25, 0.3) is 0 Å². The number of nitrogens with zero attached hydrogens (tertiary/aromatic N) is 3. The molecule has 1 unspecified atom stereocenters. The minimum absolute atomic E-state index is 0.432. The Bertz CT molecular complexity index is 227. The van der Waals surface area contributed by atoms with E-state index in [4.69, 9.17) is 0 Å². The van der Waals surface area contributed by atoms with Gasteiger partial charge in [-0.15, -0.1) is 0 Å². The molecule has 0 amide bonds. The van der Waals surface area contributed by atoms with E-state index < -0.39 is 0 Å². The first-order valence-electron chi connectivity index (χ1n) is 3.80. The molecule has 1 heterocycles. The summed E-state index contributed by atoms with van der Waals surface area (Å²) >= 11 is 3.42. The average Bonchev–Trinajstić information content (AvgIpc) is 2.17. The molecular weight excluding hydrogens is 218 g/mol. The molecule has 0 saturated heterocycles. The summed E-state index contributed by atoms with van der Waals surface area (Å²) in [6.07, 6.45) is 5.14. The van der Waals surface area contributed by atoms with Crippen LogP contribution in [0.15, 0.2) is 18.6 Å². The van der Waals surface area contributed by atoms with Crippen molar-refractivity contribution >= 4 is 21.7 Å². The molecule has 0 aliphatic carbocycles. The van der Waals surface area contributed by atoms with Gasteiger partial charge in [0.25, 0.3) is 0 Å².